The first-order valence-corrected chi connectivity index (χ1v) is 9.38. The van der Waals surface area contributed by atoms with Gasteiger partial charge in [-0.2, -0.15) is 0 Å². The van der Waals surface area contributed by atoms with Gasteiger partial charge in [0.1, 0.15) is 0 Å². The average molecular weight is 389 g/mol. The van der Waals surface area contributed by atoms with E-state index in [4.69, 9.17) is 5.11 Å². The zero-order valence-corrected chi connectivity index (χ0v) is 16.0. The van der Waals surface area contributed by atoms with Gasteiger partial charge in [0.25, 0.3) is 0 Å². The van der Waals surface area contributed by atoms with Crippen LogP contribution in [0.2, 0.25) is 0 Å². The van der Waals surface area contributed by atoms with Crippen LogP contribution in [0.25, 0.3) is 0 Å². The monoisotopic (exact) mass is 389 g/mol. The molecule has 1 aliphatic rings. The highest BCUT2D eigenvalue weighted by Gasteiger charge is 2.29. The van der Waals surface area contributed by atoms with Crippen LogP contribution in [-0.4, -0.2) is 28.3 Å². The quantitative estimate of drug-likeness (QED) is 0.672. The number of aromatic carboxylic acids is 1. The van der Waals surface area contributed by atoms with Crippen molar-refractivity contribution < 1.29 is 23.8 Å². The van der Waals surface area contributed by atoms with E-state index in [-0.39, 0.29) is 17.6 Å². The van der Waals surface area contributed by atoms with Crippen molar-refractivity contribution in [2.24, 2.45) is 5.92 Å². The van der Waals surface area contributed by atoms with Crippen LogP contribution in [0, 0.1) is 17.6 Å². The first-order valence-electron chi connectivity index (χ1n) is 9.38. The number of hydrogen-bond acceptors (Lipinski definition) is 3. The second-order valence-electron chi connectivity index (χ2n) is 8.19. The van der Waals surface area contributed by atoms with Crippen LogP contribution >= 0.6 is 0 Å². The molecule has 150 valence electrons. The molecule has 0 aromatic heterocycles. The maximum atomic E-state index is 14.0. The first kappa shape index (κ1) is 20.4. The fraction of sp³-hybridized carbons (Fsp3) is 0.409. The smallest absolute Gasteiger partial charge is 0.335 e. The molecule has 2 aromatic rings. The van der Waals surface area contributed by atoms with Crippen LogP contribution in [0.4, 0.5) is 8.78 Å². The summed E-state index contributed by atoms with van der Waals surface area (Å²) in [7, 11) is 0. The number of β-amino-alcohol motifs (C(OH)–C–C–N with tert-alkyl or cyclic N) is 1. The number of carbonyl (C=O) groups is 1. The van der Waals surface area contributed by atoms with Gasteiger partial charge in [-0.05, 0) is 62.3 Å². The van der Waals surface area contributed by atoms with E-state index in [0.29, 0.717) is 12.0 Å². The average Bonchev–Trinajstić information content (AvgIpc) is 3.03. The predicted octanol–water partition coefficient (Wildman–Crippen LogP) is 3.87. The molecular weight excluding hydrogens is 364 g/mol. The highest BCUT2D eigenvalue weighted by Crippen LogP contribution is 2.32. The first-order chi connectivity index (χ1) is 13.2. The van der Waals surface area contributed by atoms with Gasteiger partial charge in [0, 0.05) is 17.6 Å². The highest BCUT2D eigenvalue weighted by molar-refractivity contribution is 5.87. The van der Waals surface area contributed by atoms with E-state index in [1.54, 1.807) is 0 Å². The molecule has 1 unspecified atom stereocenters. The van der Waals surface area contributed by atoms with Crippen molar-refractivity contribution in [3.05, 3.63) is 70.3 Å². The Morgan fingerprint density at radius 2 is 1.82 bits per heavy atom. The molecule has 0 aliphatic heterocycles. The largest absolute Gasteiger partial charge is 0.478 e. The summed E-state index contributed by atoms with van der Waals surface area (Å²) in [6.45, 7) is 4.01. The van der Waals surface area contributed by atoms with Crippen molar-refractivity contribution in [1.82, 2.24) is 5.32 Å². The van der Waals surface area contributed by atoms with Gasteiger partial charge in [0.05, 0.1) is 11.7 Å². The molecule has 1 atom stereocenters. The third kappa shape index (κ3) is 4.56. The van der Waals surface area contributed by atoms with Crippen molar-refractivity contribution in [3.8, 4) is 0 Å². The zero-order valence-electron chi connectivity index (χ0n) is 16.0. The Hall–Kier alpha value is -2.31. The number of benzene rings is 2. The van der Waals surface area contributed by atoms with Gasteiger partial charge in [-0.25, -0.2) is 13.6 Å². The number of hydrogen-bond donors (Lipinski definition) is 3. The molecule has 3 N–H and O–H groups in total. The van der Waals surface area contributed by atoms with Gasteiger partial charge in [-0.15, -0.1) is 0 Å². The van der Waals surface area contributed by atoms with Crippen LogP contribution in [0.1, 0.15) is 53.4 Å². The Labute approximate surface area is 163 Å². The second kappa shape index (κ2) is 7.97. The third-order valence-electron chi connectivity index (χ3n) is 5.37. The van der Waals surface area contributed by atoms with Crippen molar-refractivity contribution in [1.29, 1.82) is 0 Å². The minimum absolute atomic E-state index is 0.00784. The van der Waals surface area contributed by atoms with Gasteiger partial charge < -0.3 is 15.5 Å². The van der Waals surface area contributed by atoms with Gasteiger partial charge in [-0.3, -0.25) is 0 Å². The highest BCUT2D eigenvalue weighted by atomic mass is 19.2. The van der Waals surface area contributed by atoms with E-state index < -0.39 is 29.3 Å². The lowest BCUT2D eigenvalue weighted by molar-refractivity contribution is 0.0695. The Bertz CT molecular complexity index is 857. The topological polar surface area (TPSA) is 69.6 Å². The molecule has 6 heteroatoms. The second-order valence-corrected chi connectivity index (χ2v) is 8.19. The van der Waals surface area contributed by atoms with Crippen LogP contribution in [0.15, 0.2) is 36.4 Å². The maximum absolute atomic E-state index is 14.0. The Kier molecular flexibility index (Phi) is 5.82. The Morgan fingerprint density at radius 1 is 1.21 bits per heavy atom. The summed E-state index contributed by atoms with van der Waals surface area (Å²) in [5, 5.41) is 22.6. The molecule has 0 amide bonds. The predicted molar refractivity (Wildman–Crippen MR) is 102 cm³/mol. The summed E-state index contributed by atoms with van der Waals surface area (Å²) in [6.07, 6.45) is 1.52. The zero-order chi connectivity index (χ0) is 20.5. The Morgan fingerprint density at radius 3 is 2.39 bits per heavy atom. The van der Waals surface area contributed by atoms with E-state index >= 15 is 0 Å². The lowest BCUT2D eigenvalue weighted by atomic mass is 9.88. The summed E-state index contributed by atoms with van der Waals surface area (Å²) in [6, 6.07) is 9.97. The number of nitrogens with one attached hydrogen (secondary N) is 1. The van der Waals surface area contributed by atoms with Crippen molar-refractivity contribution in [2.75, 3.05) is 6.54 Å². The third-order valence-corrected chi connectivity index (χ3v) is 5.37. The number of fused-ring (bicyclic) bond motifs is 1. The van der Waals surface area contributed by atoms with E-state index in [2.05, 4.69) is 17.4 Å². The van der Waals surface area contributed by atoms with Crippen LogP contribution in [0.3, 0.4) is 0 Å². The molecule has 2 aromatic carbocycles. The van der Waals surface area contributed by atoms with Crippen molar-refractivity contribution >= 4 is 5.97 Å². The fourth-order valence-electron chi connectivity index (χ4n) is 4.05. The summed E-state index contributed by atoms with van der Waals surface area (Å²) in [4.78, 5) is 11.1. The number of halogens is 2. The van der Waals surface area contributed by atoms with Crippen molar-refractivity contribution in [2.45, 2.75) is 44.8 Å². The molecular formula is C22H25F2NO3. The van der Waals surface area contributed by atoms with E-state index in [0.717, 1.165) is 25.3 Å². The van der Waals surface area contributed by atoms with Crippen molar-refractivity contribution in [3.63, 3.8) is 0 Å². The molecule has 0 fully saturated rings. The standard InChI is InChI=1S/C22H25F2NO3/c1-22(2,11-13-7-14-5-3-4-6-15(14)8-13)25-12-19(26)17-9-16(21(27)28)10-18(23)20(17)24/h3-6,9-10,13,19,25-26H,7-8,11-12H2,1-2H3,(H,27,28). The van der Waals surface area contributed by atoms with Crippen LogP contribution in [-0.2, 0) is 12.8 Å². The SMILES string of the molecule is CC(C)(CC1Cc2ccccc2C1)NCC(O)c1cc(C(=O)O)cc(F)c1F. The van der Waals surface area contributed by atoms with Gasteiger partial charge >= 0.3 is 5.97 Å². The molecule has 28 heavy (non-hydrogen) atoms. The van der Waals surface area contributed by atoms with Gasteiger partial charge in [0.2, 0.25) is 0 Å². The molecule has 0 bridgehead atoms. The van der Waals surface area contributed by atoms with E-state index in [1.165, 1.54) is 11.1 Å². The number of carboxylic acids is 1. The summed E-state index contributed by atoms with van der Waals surface area (Å²) in [5.74, 6) is -3.40. The molecule has 0 heterocycles. The lowest BCUT2D eigenvalue weighted by Crippen LogP contribution is -2.43. The molecule has 4 nitrogen and oxygen atoms in total. The summed E-state index contributed by atoms with van der Waals surface area (Å²) in [5.41, 5.74) is 1.66. The molecule has 0 saturated carbocycles. The minimum Gasteiger partial charge on any atom is -0.478 e. The molecule has 1 aliphatic carbocycles. The van der Waals surface area contributed by atoms with Gasteiger partial charge in [0.15, 0.2) is 11.6 Å². The van der Waals surface area contributed by atoms with Gasteiger partial charge in [-0.1, -0.05) is 24.3 Å². The van der Waals surface area contributed by atoms with Crippen LogP contribution in [0.5, 0.6) is 0 Å². The lowest BCUT2D eigenvalue weighted by Gasteiger charge is -2.30. The number of rotatable bonds is 7. The molecule has 0 saturated heterocycles. The number of carboxylic acid groups (broad SMARTS) is 1. The Balaban J connectivity index is 1.62. The molecule has 0 radical (unpaired) electrons. The summed E-state index contributed by atoms with van der Waals surface area (Å²) >= 11 is 0. The molecule has 3 rings (SSSR count). The molecule has 0 spiro atoms. The van der Waals surface area contributed by atoms with E-state index in [1.807, 2.05) is 26.0 Å². The maximum Gasteiger partial charge on any atom is 0.335 e. The minimum atomic E-state index is -1.37. The fourth-order valence-corrected chi connectivity index (χ4v) is 4.05. The normalized spacial score (nSPS) is 15.5. The number of aliphatic hydroxyl groups is 1. The van der Waals surface area contributed by atoms with Crippen LogP contribution < -0.4 is 5.32 Å². The number of aliphatic hydroxyl groups excluding tert-OH is 1. The van der Waals surface area contributed by atoms with E-state index in [9.17, 15) is 18.7 Å². The summed E-state index contributed by atoms with van der Waals surface area (Å²) < 4.78 is 27.7.